The summed E-state index contributed by atoms with van der Waals surface area (Å²) in [6, 6.07) is 8.32. The third kappa shape index (κ3) is 3.52. The lowest BCUT2D eigenvalue weighted by atomic mass is 9.99. The van der Waals surface area contributed by atoms with E-state index < -0.39 is 0 Å². The molecule has 1 aromatic heterocycles. The molecule has 0 bridgehead atoms. The van der Waals surface area contributed by atoms with E-state index in [-0.39, 0.29) is 11.9 Å². The number of hydrogen-bond donors (Lipinski definition) is 1. The van der Waals surface area contributed by atoms with Crippen molar-refractivity contribution in [3.63, 3.8) is 0 Å². The average Bonchev–Trinajstić information content (AvgIpc) is 2.43. The van der Waals surface area contributed by atoms with Gasteiger partial charge in [0.25, 0.3) is 0 Å². The molecule has 0 amide bonds. The highest BCUT2D eigenvalue weighted by Crippen LogP contribution is 2.27. The number of aromatic nitrogens is 1. The van der Waals surface area contributed by atoms with Crippen LogP contribution in [0.4, 0.5) is 4.39 Å². The second-order valence-electron chi connectivity index (χ2n) is 4.34. The van der Waals surface area contributed by atoms with Crippen molar-refractivity contribution in [2.45, 2.75) is 19.4 Å². The van der Waals surface area contributed by atoms with Crippen LogP contribution in [-0.4, -0.2) is 11.5 Å². The molecule has 100 valence electrons. The Bertz CT molecular complexity index is 528. The van der Waals surface area contributed by atoms with E-state index in [0.29, 0.717) is 5.02 Å². The Morgan fingerprint density at radius 2 is 2.00 bits per heavy atom. The summed E-state index contributed by atoms with van der Waals surface area (Å²) in [5, 5.41) is 4.04. The maximum Gasteiger partial charge on any atom is 0.123 e. The summed E-state index contributed by atoms with van der Waals surface area (Å²) in [6.07, 6.45) is 4.35. The molecule has 1 atom stereocenters. The van der Waals surface area contributed by atoms with Crippen molar-refractivity contribution >= 4 is 11.6 Å². The van der Waals surface area contributed by atoms with E-state index in [9.17, 15) is 4.39 Å². The molecule has 0 aliphatic rings. The molecular formula is C15H16ClFN2. The summed E-state index contributed by atoms with van der Waals surface area (Å²) in [5.74, 6) is -0.237. The normalized spacial score (nSPS) is 12.4. The molecule has 2 aromatic rings. The van der Waals surface area contributed by atoms with Crippen LogP contribution in [-0.2, 0) is 0 Å². The predicted octanol–water partition coefficient (Wildman–Crippen LogP) is 3.96. The van der Waals surface area contributed by atoms with Gasteiger partial charge in [0.15, 0.2) is 0 Å². The Hall–Kier alpha value is -1.45. The molecule has 0 saturated carbocycles. The minimum absolute atomic E-state index is 0.0453. The summed E-state index contributed by atoms with van der Waals surface area (Å²) in [7, 11) is 0. The van der Waals surface area contributed by atoms with Gasteiger partial charge in [0.1, 0.15) is 5.82 Å². The van der Waals surface area contributed by atoms with Crippen molar-refractivity contribution in [1.82, 2.24) is 10.3 Å². The second-order valence-corrected chi connectivity index (χ2v) is 4.74. The zero-order chi connectivity index (χ0) is 13.7. The van der Waals surface area contributed by atoms with Crippen molar-refractivity contribution in [1.29, 1.82) is 0 Å². The van der Waals surface area contributed by atoms with Crippen molar-refractivity contribution < 1.29 is 4.39 Å². The van der Waals surface area contributed by atoms with Crippen molar-refractivity contribution in [3.05, 3.63) is 64.7 Å². The molecule has 1 N–H and O–H groups in total. The molecule has 2 nitrogen and oxygen atoms in total. The summed E-state index contributed by atoms with van der Waals surface area (Å²) < 4.78 is 13.0. The van der Waals surface area contributed by atoms with Gasteiger partial charge in [-0.25, -0.2) is 4.39 Å². The Morgan fingerprint density at radius 1 is 1.26 bits per heavy atom. The summed E-state index contributed by atoms with van der Waals surface area (Å²) in [5.41, 5.74) is 1.94. The summed E-state index contributed by atoms with van der Waals surface area (Å²) in [4.78, 5) is 4.00. The lowest BCUT2D eigenvalue weighted by molar-refractivity contribution is 0.592. The standard InChI is InChI=1S/C15H16ClFN2/c1-2-8-19-15(11-3-5-12(17)6-4-11)13-7-9-18-10-14(13)16/h3-7,9-10,15,19H,2,8H2,1H3. The molecule has 2 rings (SSSR count). The van der Waals surface area contributed by atoms with Gasteiger partial charge in [0, 0.05) is 12.4 Å². The van der Waals surface area contributed by atoms with Crippen LogP contribution in [0.3, 0.4) is 0 Å². The first kappa shape index (κ1) is 14.0. The van der Waals surface area contributed by atoms with Crippen molar-refractivity contribution in [3.8, 4) is 0 Å². The molecule has 1 heterocycles. The maximum atomic E-state index is 13.0. The molecule has 0 aliphatic heterocycles. The second kappa shape index (κ2) is 6.64. The van der Waals surface area contributed by atoms with Gasteiger partial charge in [-0.1, -0.05) is 30.7 Å². The van der Waals surface area contributed by atoms with Gasteiger partial charge in [0.05, 0.1) is 11.1 Å². The average molecular weight is 279 g/mol. The number of nitrogens with one attached hydrogen (secondary N) is 1. The number of benzene rings is 1. The Morgan fingerprint density at radius 3 is 2.63 bits per heavy atom. The van der Waals surface area contributed by atoms with Crippen molar-refractivity contribution in [2.24, 2.45) is 0 Å². The van der Waals surface area contributed by atoms with Crippen LogP contribution in [0.2, 0.25) is 5.02 Å². The first-order chi connectivity index (χ1) is 9.22. The van der Waals surface area contributed by atoms with Crippen LogP contribution < -0.4 is 5.32 Å². The molecular weight excluding hydrogens is 263 g/mol. The van der Waals surface area contributed by atoms with E-state index in [0.717, 1.165) is 24.1 Å². The van der Waals surface area contributed by atoms with Crippen LogP contribution in [0.5, 0.6) is 0 Å². The smallest absolute Gasteiger partial charge is 0.123 e. The minimum atomic E-state index is -0.237. The molecule has 1 aromatic carbocycles. The van der Waals surface area contributed by atoms with Crippen LogP contribution in [0, 0.1) is 5.82 Å². The van der Waals surface area contributed by atoms with E-state index >= 15 is 0 Å². The van der Waals surface area contributed by atoms with Gasteiger partial charge in [0.2, 0.25) is 0 Å². The fourth-order valence-corrected chi connectivity index (χ4v) is 2.20. The highest BCUT2D eigenvalue weighted by atomic mass is 35.5. The third-order valence-electron chi connectivity index (χ3n) is 2.92. The molecule has 0 aliphatic carbocycles. The van der Waals surface area contributed by atoms with E-state index in [4.69, 9.17) is 11.6 Å². The molecule has 1 unspecified atom stereocenters. The number of rotatable bonds is 5. The highest BCUT2D eigenvalue weighted by Gasteiger charge is 2.16. The van der Waals surface area contributed by atoms with Crippen LogP contribution in [0.1, 0.15) is 30.5 Å². The van der Waals surface area contributed by atoms with Gasteiger partial charge in [-0.15, -0.1) is 0 Å². The number of pyridine rings is 1. The van der Waals surface area contributed by atoms with E-state index in [1.54, 1.807) is 24.5 Å². The molecule has 0 saturated heterocycles. The fraction of sp³-hybridized carbons (Fsp3) is 0.267. The first-order valence-corrected chi connectivity index (χ1v) is 6.68. The third-order valence-corrected chi connectivity index (χ3v) is 3.23. The lowest BCUT2D eigenvalue weighted by Crippen LogP contribution is -2.23. The first-order valence-electron chi connectivity index (χ1n) is 6.30. The summed E-state index contributed by atoms with van der Waals surface area (Å²) >= 11 is 6.20. The Balaban J connectivity index is 2.35. The summed E-state index contributed by atoms with van der Waals surface area (Å²) in [6.45, 7) is 2.96. The zero-order valence-electron chi connectivity index (χ0n) is 10.7. The van der Waals surface area contributed by atoms with E-state index in [1.165, 1.54) is 12.1 Å². The largest absolute Gasteiger partial charge is 0.306 e. The lowest BCUT2D eigenvalue weighted by Gasteiger charge is -2.20. The monoisotopic (exact) mass is 278 g/mol. The van der Waals surface area contributed by atoms with Gasteiger partial charge in [-0.2, -0.15) is 0 Å². The van der Waals surface area contributed by atoms with Gasteiger partial charge in [-0.3, -0.25) is 4.98 Å². The quantitative estimate of drug-likeness (QED) is 0.895. The van der Waals surface area contributed by atoms with E-state index in [2.05, 4.69) is 17.2 Å². The maximum absolute atomic E-state index is 13.0. The van der Waals surface area contributed by atoms with E-state index in [1.807, 2.05) is 6.07 Å². The molecule has 0 spiro atoms. The molecule has 0 fully saturated rings. The van der Waals surface area contributed by atoms with Crippen LogP contribution in [0.25, 0.3) is 0 Å². The topological polar surface area (TPSA) is 24.9 Å². The van der Waals surface area contributed by atoms with Gasteiger partial charge >= 0.3 is 0 Å². The SMILES string of the molecule is CCCNC(c1ccc(F)cc1)c1ccncc1Cl. The molecule has 0 radical (unpaired) electrons. The Labute approximate surface area is 117 Å². The minimum Gasteiger partial charge on any atom is -0.306 e. The number of nitrogens with zero attached hydrogens (tertiary/aromatic N) is 1. The number of halogens is 2. The van der Waals surface area contributed by atoms with Crippen LogP contribution in [0.15, 0.2) is 42.7 Å². The molecule has 19 heavy (non-hydrogen) atoms. The number of hydrogen-bond acceptors (Lipinski definition) is 2. The van der Waals surface area contributed by atoms with Crippen molar-refractivity contribution in [2.75, 3.05) is 6.54 Å². The van der Waals surface area contributed by atoms with Gasteiger partial charge < -0.3 is 5.32 Å². The predicted molar refractivity (Wildman–Crippen MR) is 75.8 cm³/mol. The Kier molecular flexibility index (Phi) is 4.88. The molecule has 4 heteroatoms. The fourth-order valence-electron chi connectivity index (χ4n) is 1.97. The van der Waals surface area contributed by atoms with Gasteiger partial charge in [-0.05, 0) is 42.3 Å². The zero-order valence-corrected chi connectivity index (χ0v) is 11.5. The highest BCUT2D eigenvalue weighted by molar-refractivity contribution is 6.31. The van der Waals surface area contributed by atoms with Crippen LogP contribution >= 0.6 is 11.6 Å².